The molecule has 25 heavy (non-hydrogen) atoms. The molecular weight excluding hydrogens is 344 g/mol. The Morgan fingerprint density at radius 2 is 2.16 bits per heavy atom. The summed E-state index contributed by atoms with van der Waals surface area (Å²) in [5, 5.41) is 11.8. The van der Waals surface area contributed by atoms with Crippen LogP contribution in [0.15, 0.2) is 16.9 Å². The zero-order valence-corrected chi connectivity index (χ0v) is 15.2. The van der Waals surface area contributed by atoms with Crippen LogP contribution in [0.25, 0.3) is 11.5 Å². The largest absolute Gasteiger partial charge is 0.378 e. The molecule has 0 radical (unpaired) electrons. The summed E-state index contributed by atoms with van der Waals surface area (Å²) in [7, 11) is 1.87. The summed E-state index contributed by atoms with van der Waals surface area (Å²) in [6, 6.07) is 0.0720. The summed E-state index contributed by atoms with van der Waals surface area (Å²) in [6.45, 7) is 5.63. The van der Waals surface area contributed by atoms with Gasteiger partial charge >= 0.3 is 0 Å². The van der Waals surface area contributed by atoms with E-state index in [9.17, 15) is 0 Å². The maximum absolute atomic E-state index is 5.68. The lowest BCUT2D eigenvalue weighted by Gasteiger charge is -2.37. The van der Waals surface area contributed by atoms with Crippen LogP contribution in [0.3, 0.4) is 0 Å². The monoisotopic (exact) mass is 368 g/mol. The Balaban J connectivity index is 0.00000182. The van der Waals surface area contributed by atoms with Crippen LogP contribution in [0.2, 0.25) is 0 Å². The minimum absolute atomic E-state index is 0. The van der Waals surface area contributed by atoms with Crippen LogP contribution >= 0.6 is 12.4 Å². The molecule has 8 nitrogen and oxygen atoms in total. The van der Waals surface area contributed by atoms with Crippen molar-refractivity contribution in [1.82, 2.24) is 30.1 Å². The minimum atomic E-state index is 0. The summed E-state index contributed by atoms with van der Waals surface area (Å²) in [4.78, 5) is 7.05. The van der Waals surface area contributed by atoms with Crippen molar-refractivity contribution < 1.29 is 9.26 Å². The Morgan fingerprint density at radius 1 is 1.32 bits per heavy atom. The van der Waals surface area contributed by atoms with Gasteiger partial charge in [0.2, 0.25) is 0 Å². The highest BCUT2D eigenvalue weighted by molar-refractivity contribution is 5.85. The van der Waals surface area contributed by atoms with Gasteiger partial charge in [-0.3, -0.25) is 9.58 Å². The molecule has 138 valence electrons. The average Bonchev–Trinajstić information content (AvgIpc) is 3.25. The van der Waals surface area contributed by atoms with Crippen LogP contribution in [-0.4, -0.2) is 64.2 Å². The van der Waals surface area contributed by atoms with Crippen LogP contribution in [-0.2, 0) is 11.8 Å². The number of nitrogens with one attached hydrogen (secondary N) is 1. The molecular formula is C16H25ClN6O2. The van der Waals surface area contributed by atoms with Crippen LogP contribution in [0.5, 0.6) is 0 Å². The zero-order valence-electron chi connectivity index (χ0n) is 14.4. The van der Waals surface area contributed by atoms with E-state index >= 15 is 0 Å². The van der Waals surface area contributed by atoms with Crippen molar-refractivity contribution in [3.8, 4) is 11.5 Å². The van der Waals surface area contributed by atoms with E-state index in [2.05, 4.69) is 25.5 Å². The van der Waals surface area contributed by atoms with Crippen LogP contribution in [0.4, 0.5) is 0 Å². The predicted octanol–water partition coefficient (Wildman–Crippen LogP) is 1.26. The number of hydrogen-bond donors (Lipinski definition) is 1. The standard InChI is InChI=1S/C16H24N6O2.ClH/c1-21-10-13(8-18-21)16-19-15(20-24-16)14-11-23-7-6-22(14)9-12-2-4-17-5-3-12;/h8,10,12,14,17H,2-7,9,11H2,1H3;1H. The van der Waals surface area contributed by atoms with Gasteiger partial charge in [0, 0.05) is 26.3 Å². The molecule has 0 bridgehead atoms. The van der Waals surface area contributed by atoms with Gasteiger partial charge in [0.15, 0.2) is 5.82 Å². The first-order valence-electron chi connectivity index (χ1n) is 8.65. The normalized spacial score (nSPS) is 22.7. The molecule has 1 unspecified atom stereocenters. The first-order valence-corrected chi connectivity index (χ1v) is 8.65. The molecule has 2 aliphatic heterocycles. The van der Waals surface area contributed by atoms with Crippen molar-refractivity contribution >= 4 is 12.4 Å². The second kappa shape index (κ2) is 8.27. The van der Waals surface area contributed by atoms with Crippen LogP contribution < -0.4 is 5.32 Å². The van der Waals surface area contributed by atoms with E-state index in [0.29, 0.717) is 18.3 Å². The summed E-state index contributed by atoms with van der Waals surface area (Å²) in [5.74, 6) is 1.96. The third-order valence-electron chi connectivity index (χ3n) is 4.88. The molecule has 0 spiro atoms. The average molecular weight is 369 g/mol. The highest BCUT2D eigenvalue weighted by Crippen LogP contribution is 2.27. The van der Waals surface area contributed by atoms with E-state index in [1.807, 2.05) is 13.2 Å². The second-order valence-electron chi connectivity index (χ2n) is 6.64. The second-order valence-corrected chi connectivity index (χ2v) is 6.64. The smallest absolute Gasteiger partial charge is 0.261 e. The van der Waals surface area contributed by atoms with Crippen molar-refractivity contribution in [2.45, 2.75) is 18.9 Å². The van der Waals surface area contributed by atoms with E-state index in [0.717, 1.165) is 44.3 Å². The molecule has 0 saturated carbocycles. The fourth-order valence-electron chi connectivity index (χ4n) is 3.51. The molecule has 1 N–H and O–H groups in total. The molecule has 2 aromatic heterocycles. The van der Waals surface area contributed by atoms with Crippen molar-refractivity contribution in [2.75, 3.05) is 39.4 Å². The number of ether oxygens (including phenoxy) is 1. The van der Waals surface area contributed by atoms with E-state index in [1.54, 1.807) is 10.9 Å². The maximum Gasteiger partial charge on any atom is 0.261 e. The van der Waals surface area contributed by atoms with Gasteiger partial charge in [-0.1, -0.05) is 5.16 Å². The highest BCUT2D eigenvalue weighted by atomic mass is 35.5. The van der Waals surface area contributed by atoms with Gasteiger partial charge in [0.05, 0.1) is 31.0 Å². The first-order chi connectivity index (χ1) is 11.8. The first kappa shape index (κ1) is 18.3. The lowest BCUT2D eigenvalue weighted by atomic mass is 9.96. The molecule has 4 rings (SSSR count). The van der Waals surface area contributed by atoms with Crippen molar-refractivity contribution in [3.05, 3.63) is 18.2 Å². The topological polar surface area (TPSA) is 81.2 Å². The molecule has 0 aromatic carbocycles. The van der Waals surface area contributed by atoms with Crippen LogP contribution in [0, 0.1) is 5.92 Å². The summed E-state index contributed by atoms with van der Waals surface area (Å²) < 4.78 is 12.9. The number of nitrogens with zero attached hydrogens (tertiary/aromatic N) is 5. The van der Waals surface area contributed by atoms with E-state index in [4.69, 9.17) is 9.26 Å². The summed E-state index contributed by atoms with van der Waals surface area (Å²) in [5.41, 5.74) is 0.845. The number of morpholine rings is 1. The molecule has 0 aliphatic carbocycles. The van der Waals surface area contributed by atoms with Gasteiger partial charge < -0.3 is 14.6 Å². The van der Waals surface area contributed by atoms with Gasteiger partial charge in [-0.05, 0) is 31.8 Å². The Labute approximate surface area is 153 Å². The van der Waals surface area contributed by atoms with Gasteiger partial charge in [-0.15, -0.1) is 12.4 Å². The number of aromatic nitrogens is 4. The maximum atomic E-state index is 5.68. The summed E-state index contributed by atoms with van der Waals surface area (Å²) in [6.07, 6.45) is 6.08. The number of rotatable bonds is 4. The predicted molar refractivity (Wildman–Crippen MR) is 94.5 cm³/mol. The van der Waals surface area contributed by atoms with Gasteiger partial charge in [0.25, 0.3) is 5.89 Å². The molecule has 2 fully saturated rings. The molecule has 4 heterocycles. The lowest BCUT2D eigenvalue weighted by Crippen LogP contribution is -2.44. The Morgan fingerprint density at radius 3 is 2.92 bits per heavy atom. The number of hydrogen-bond acceptors (Lipinski definition) is 7. The van der Waals surface area contributed by atoms with Crippen molar-refractivity contribution in [1.29, 1.82) is 0 Å². The Kier molecular flexibility index (Phi) is 6.06. The molecule has 2 aromatic rings. The van der Waals surface area contributed by atoms with E-state index in [-0.39, 0.29) is 18.4 Å². The SMILES string of the molecule is Cl.Cn1cc(-c2nc(C3COCCN3CC3CCNCC3)no2)cn1. The van der Waals surface area contributed by atoms with E-state index < -0.39 is 0 Å². The fourth-order valence-corrected chi connectivity index (χ4v) is 3.51. The Hall–Kier alpha value is -1.48. The third kappa shape index (κ3) is 4.20. The van der Waals surface area contributed by atoms with E-state index in [1.165, 1.54) is 12.8 Å². The number of aryl methyl sites for hydroxylation is 1. The number of piperidine rings is 1. The molecule has 9 heteroatoms. The lowest BCUT2D eigenvalue weighted by molar-refractivity contribution is -0.0210. The van der Waals surface area contributed by atoms with Crippen molar-refractivity contribution in [2.24, 2.45) is 13.0 Å². The van der Waals surface area contributed by atoms with Crippen molar-refractivity contribution in [3.63, 3.8) is 0 Å². The van der Waals surface area contributed by atoms with Crippen LogP contribution in [0.1, 0.15) is 24.7 Å². The summed E-state index contributed by atoms with van der Waals surface area (Å²) >= 11 is 0. The third-order valence-corrected chi connectivity index (χ3v) is 4.88. The molecule has 0 amide bonds. The molecule has 1 atom stereocenters. The zero-order chi connectivity index (χ0) is 16.4. The van der Waals surface area contributed by atoms with Gasteiger partial charge in [0.1, 0.15) is 0 Å². The van der Waals surface area contributed by atoms with Gasteiger partial charge in [-0.25, -0.2) is 0 Å². The number of halogens is 1. The minimum Gasteiger partial charge on any atom is -0.378 e. The molecule has 2 aliphatic rings. The fraction of sp³-hybridized carbons (Fsp3) is 0.688. The quantitative estimate of drug-likeness (QED) is 0.870. The van der Waals surface area contributed by atoms with Gasteiger partial charge in [-0.2, -0.15) is 10.1 Å². The highest BCUT2D eigenvalue weighted by Gasteiger charge is 2.31. The Bertz CT molecular complexity index is 669. The molecule has 2 saturated heterocycles.